The van der Waals surface area contributed by atoms with E-state index < -0.39 is 23.5 Å². The van der Waals surface area contributed by atoms with Gasteiger partial charge in [-0.3, -0.25) is 19.3 Å². The second kappa shape index (κ2) is 10.8. The average molecular weight is 514 g/mol. The molecule has 10 heteroatoms. The van der Waals surface area contributed by atoms with Gasteiger partial charge in [0.1, 0.15) is 34.6 Å². The molecule has 2 heterocycles. The zero-order valence-electron chi connectivity index (χ0n) is 21.5. The molecule has 0 aromatic heterocycles. The number of piperidine rings is 1. The lowest BCUT2D eigenvalue weighted by Crippen LogP contribution is -2.60. The van der Waals surface area contributed by atoms with E-state index in [2.05, 4.69) is 5.32 Å². The maximum Gasteiger partial charge on any atom is 0.261 e. The summed E-state index contributed by atoms with van der Waals surface area (Å²) >= 11 is 0. The summed E-state index contributed by atoms with van der Waals surface area (Å²) in [6, 6.07) is 9.38. The predicted octanol–water partition coefficient (Wildman–Crippen LogP) is 2.84. The first-order chi connectivity index (χ1) is 17.7. The highest BCUT2D eigenvalue weighted by Crippen LogP contribution is 2.40. The van der Waals surface area contributed by atoms with E-state index in [0.29, 0.717) is 29.9 Å². The molecule has 0 bridgehead atoms. The number of hydrogen-bond donors (Lipinski definition) is 1. The Labute approximate surface area is 215 Å². The lowest BCUT2D eigenvalue weighted by Gasteiger charge is -2.44. The van der Waals surface area contributed by atoms with Crippen LogP contribution in [0.15, 0.2) is 42.5 Å². The Morgan fingerprint density at radius 3 is 2.14 bits per heavy atom. The molecule has 1 atom stereocenters. The van der Waals surface area contributed by atoms with Gasteiger partial charge in [-0.1, -0.05) is 6.07 Å². The van der Waals surface area contributed by atoms with Gasteiger partial charge >= 0.3 is 0 Å². The lowest BCUT2D eigenvalue weighted by atomic mass is 9.95. The highest BCUT2D eigenvalue weighted by atomic mass is 19.1. The zero-order valence-corrected chi connectivity index (χ0v) is 21.5. The third-order valence-corrected chi connectivity index (χ3v) is 6.78. The molecule has 198 valence electrons. The molecule has 4 rings (SSSR count). The van der Waals surface area contributed by atoms with Crippen molar-refractivity contribution in [3.8, 4) is 11.5 Å². The van der Waals surface area contributed by atoms with Crippen molar-refractivity contribution in [3.63, 3.8) is 0 Å². The largest absolute Gasteiger partial charge is 0.496 e. The summed E-state index contributed by atoms with van der Waals surface area (Å²) in [5, 5.41) is 2.86. The van der Waals surface area contributed by atoms with Crippen LogP contribution in [-0.2, 0) is 9.53 Å². The summed E-state index contributed by atoms with van der Waals surface area (Å²) in [7, 11) is 2.98. The first kappa shape index (κ1) is 26.4. The number of methoxy groups -OCH3 is 2. The smallest absolute Gasteiger partial charge is 0.261 e. The minimum Gasteiger partial charge on any atom is -0.496 e. The highest BCUT2D eigenvalue weighted by Gasteiger charge is 2.54. The Morgan fingerprint density at radius 2 is 1.59 bits per heavy atom. The molecule has 9 nitrogen and oxygen atoms in total. The SMILES string of the molecule is COc1cccc(OC)c1C(=O)N1CCC2(CC1)OC[C@@H](C(=O)NC(C)C)N2C(=O)c1ccc(F)cc1. The van der Waals surface area contributed by atoms with Gasteiger partial charge in [0.25, 0.3) is 11.8 Å². The van der Waals surface area contributed by atoms with Gasteiger partial charge in [-0.05, 0) is 50.2 Å². The first-order valence-corrected chi connectivity index (χ1v) is 12.2. The summed E-state index contributed by atoms with van der Waals surface area (Å²) < 4.78 is 30.5. The van der Waals surface area contributed by atoms with Gasteiger partial charge in [0, 0.05) is 37.5 Å². The fourth-order valence-corrected chi connectivity index (χ4v) is 4.96. The summed E-state index contributed by atoms with van der Waals surface area (Å²) in [6.45, 7) is 4.27. The molecule has 2 aromatic rings. The van der Waals surface area contributed by atoms with Crippen molar-refractivity contribution in [2.24, 2.45) is 0 Å². The van der Waals surface area contributed by atoms with E-state index in [1.165, 1.54) is 43.4 Å². The average Bonchev–Trinajstić information content (AvgIpc) is 3.26. The summed E-state index contributed by atoms with van der Waals surface area (Å²) in [6.07, 6.45) is 0.600. The summed E-state index contributed by atoms with van der Waals surface area (Å²) in [5.41, 5.74) is -0.498. The van der Waals surface area contributed by atoms with Crippen molar-refractivity contribution in [3.05, 3.63) is 59.4 Å². The summed E-state index contributed by atoms with van der Waals surface area (Å²) in [5.74, 6) is -0.656. The highest BCUT2D eigenvalue weighted by molar-refractivity contribution is 6.00. The molecule has 2 aliphatic heterocycles. The lowest BCUT2D eigenvalue weighted by molar-refractivity contribution is -0.128. The van der Waals surface area contributed by atoms with Crippen LogP contribution in [0.2, 0.25) is 0 Å². The number of carbonyl (C=O) groups excluding carboxylic acids is 3. The molecular weight excluding hydrogens is 481 g/mol. The van der Waals surface area contributed by atoms with Crippen molar-refractivity contribution in [2.75, 3.05) is 33.9 Å². The number of amides is 3. The van der Waals surface area contributed by atoms with Crippen LogP contribution in [0.25, 0.3) is 0 Å². The molecule has 3 amide bonds. The number of nitrogens with one attached hydrogen (secondary N) is 1. The number of benzene rings is 2. The second-order valence-electron chi connectivity index (χ2n) is 9.45. The van der Waals surface area contributed by atoms with E-state index >= 15 is 0 Å². The third-order valence-electron chi connectivity index (χ3n) is 6.78. The van der Waals surface area contributed by atoms with Crippen LogP contribution in [0.1, 0.15) is 47.4 Å². The summed E-state index contributed by atoms with van der Waals surface area (Å²) in [4.78, 5) is 43.3. The van der Waals surface area contributed by atoms with E-state index in [9.17, 15) is 18.8 Å². The van der Waals surface area contributed by atoms with Crippen molar-refractivity contribution in [1.29, 1.82) is 0 Å². The fourth-order valence-electron chi connectivity index (χ4n) is 4.96. The molecular formula is C27H32FN3O6. The van der Waals surface area contributed by atoms with Gasteiger partial charge < -0.3 is 24.4 Å². The molecule has 2 saturated heterocycles. The van der Waals surface area contributed by atoms with Gasteiger partial charge in [0.2, 0.25) is 5.91 Å². The normalized spacial score (nSPS) is 18.7. The maximum absolute atomic E-state index is 13.7. The predicted molar refractivity (Wildman–Crippen MR) is 133 cm³/mol. The van der Waals surface area contributed by atoms with Crippen molar-refractivity contribution >= 4 is 17.7 Å². The Balaban J connectivity index is 1.60. The van der Waals surface area contributed by atoms with E-state index in [4.69, 9.17) is 14.2 Å². The van der Waals surface area contributed by atoms with E-state index in [1.54, 1.807) is 23.1 Å². The molecule has 2 aromatic carbocycles. The quantitative estimate of drug-likeness (QED) is 0.638. The van der Waals surface area contributed by atoms with E-state index in [1.807, 2.05) is 13.8 Å². The number of hydrogen-bond acceptors (Lipinski definition) is 6. The van der Waals surface area contributed by atoms with Crippen LogP contribution < -0.4 is 14.8 Å². The van der Waals surface area contributed by atoms with Crippen LogP contribution in [0, 0.1) is 5.82 Å². The molecule has 1 N–H and O–H groups in total. The zero-order chi connectivity index (χ0) is 26.7. The molecule has 2 fully saturated rings. The van der Waals surface area contributed by atoms with Crippen LogP contribution >= 0.6 is 0 Å². The first-order valence-electron chi connectivity index (χ1n) is 12.2. The van der Waals surface area contributed by atoms with Crippen LogP contribution in [0.4, 0.5) is 4.39 Å². The topological polar surface area (TPSA) is 97.4 Å². The van der Waals surface area contributed by atoms with Gasteiger partial charge in [-0.15, -0.1) is 0 Å². The minimum absolute atomic E-state index is 0.0275. The van der Waals surface area contributed by atoms with Gasteiger partial charge in [0.05, 0.1) is 20.8 Å². The third kappa shape index (κ3) is 5.11. The maximum atomic E-state index is 13.7. The number of likely N-dealkylation sites (tertiary alicyclic amines) is 1. The Bertz CT molecular complexity index is 1140. The Hall–Kier alpha value is -3.66. The standard InChI is InChI=1S/C27H32FN3O6/c1-17(2)29-24(32)20-16-37-27(31(20)25(33)18-8-10-19(28)11-9-18)12-14-30(15-13-27)26(34)23-21(35-3)6-5-7-22(23)36-4/h5-11,17,20H,12-16H2,1-4H3,(H,29,32)/t20-/m0/s1. The minimum atomic E-state index is -1.08. The van der Waals surface area contributed by atoms with Crippen LogP contribution in [0.5, 0.6) is 11.5 Å². The van der Waals surface area contributed by atoms with Gasteiger partial charge in [-0.25, -0.2) is 4.39 Å². The number of nitrogens with zero attached hydrogens (tertiary/aromatic N) is 2. The molecule has 0 saturated carbocycles. The van der Waals surface area contributed by atoms with E-state index in [-0.39, 0.29) is 43.1 Å². The second-order valence-corrected chi connectivity index (χ2v) is 9.45. The van der Waals surface area contributed by atoms with Crippen molar-refractivity contribution in [2.45, 2.75) is 44.5 Å². The monoisotopic (exact) mass is 513 g/mol. The Kier molecular flexibility index (Phi) is 7.68. The number of halogens is 1. The molecule has 2 aliphatic rings. The van der Waals surface area contributed by atoms with Crippen molar-refractivity contribution in [1.82, 2.24) is 15.1 Å². The number of rotatable bonds is 6. The number of carbonyl (C=O) groups is 3. The molecule has 0 aliphatic carbocycles. The van der Waals surface area contributed by atoms with Crippen molar-refractivity contribution < 1.29 is 33.0 Å². The van der Waals surface area contributed by atoms with Crippen LogP contribution in [0.3, 0.4) is 0 Å². The number of ether oxygens (including phenoxy) is 3. The molecule has 37 heavy (non-hydrogen) atoms. The van der Waals surface area contributed by atoms with E-state index in [0.717, 1.165) is 0 Å². The fraction of sp³-hybridized carbons (Fsp3) is 0.444. The Morgan fingerprint density at radius 1 is 1.00 bits per heavy atom. The van der Waals surface area contributed by atoms with Gasteiger partial charge in [0.15, 0.2) is 0 Å². The van der Waals surface area contributed by atoms with Gasteiger partial charge in [-0.2, -0.15) is 0 Å². The molecule has 0 radical (unpaired) electrons. The molecule has 1 spiro atoms. The van der Waals surface area contributed by atoms with Crippen LogP contribution in [-0.4, -0.2) is 79.2 Å². The molecule has 0 unspecified atom stereocenters.